The van der Waals surface area contributed by atoms with Crippen LogP contribution >= 0.6 is 31.9 Å². The van der Waals surface area contributed by atoms with Crippen molar-refractivity contribution in [1.29, 1.82) is 0 Å². The van der Waals surface area contributed by atoms with Crippen molar-refractivity contribution in [2.45, 2.75) is 16.1 Å². The lowest BCUT2D eigenvalue weighted by Gasteiger charge is -2.17. The standard InChI is InChI=1S/C17H17Br2NO/c18-15(14-9-5-2-6-10-14)16(19)17(21)20-12-11-13-7-3-1-4-8-13/h1-10,15-16H,11-12H2,(H,20,21)/t15-,16+/m0/s1. The van der Waals surface area contributed by atoms with Crippen LogP contribution in [-0.2, 0) is 11.2 Å². The van der Waals surface area contributed by atoms with Gasteiger partial charge in [-0.05, 0) is 17.5 Å². The van der Waals surface area contributed by atoms with E-state index in [0.717, 1.165) is 12.0 Å². The summed E-state index contributed by atoms with van der Waals surface area (Å²) >= 11 is 7.05. The zero-order valence-corrected chi connectivity index (χ0v) is 14.7. The molecule has 0 unspecified atom stereocenters. The number of amides is 1. The average Bonchev–Trinajstić information content (AvgIpc) is 2.55. The van der Waals surface area contributed by atoms with Crippen molar-refractivity contribution in [2.75, 3.05) is 6.54 Å². The van der Waals surface area contributed by atoms with Gasteiger partial charge in [-0.1, -0.05) is 92.5 Å². The number of hydrogen-bond acceptors (Lipinski definition) is 1. The Morgan fingerprint density at radius 3 is 2.14 bits per heavy atom. The molecule has 1 N–H and O–H groups in total. The van der Waals surface area contributed by atoms with Crippen LogP contribution in [0.15, 0.2) is 60.7 Å². The van der Waals surface area contributed by atoms with Crippen molar-refractivity contribution in [3.8, 4) is 0 Å². The molecular formula is C17H17Br2NO. The summed E-state index contributed by atoms with van der Waals surface area (Å²) in [6, 6.07) is 20.0. The van der Waals surface area contributed by atoms with Gasteiger partial charge in [-0.3, -0.25) is 4.79 Å². The minimum Gasteiger partial charge on any atom is -0.355 e. The van der Waals surface area contributed by atoms with Crippen LogP contribution in [0.5, 0.6) is 0 Å². The van der Waals surface area contributed by atoms with Crippen LogP contribution in [0.1, 0.15) is 16.0 Å². The second-order valence-corrected chi connectivity index (χ2v) is 6.71. The number of carbonyl (C=O) groups excluding carboxylic acids is 1. The minimum atomic E-state index is -0.296. The van der Waals surface area contributed by atoms with E-state index >= 15 is 0 Å². The van der Waals surface area contributed by atoms with E-state index in [9.17, 15) is 4.79 Å². The van der Waals surface area contributed by atoms with Gasteiger partial charge >= 0.3 is 0 Å². The van der Waals surface area contributed by atoms with Gasteiger partial charge in [0.1, 0.15) is 4.83 Å². The van der Waals surface area contributed by atoms with E-state index < -0.39 is 0 Å². The summed E-state index contributed by atoms with van der Waals surface area (Å²) in [5.74, 6) is -0.00309. The molecule has 21 heavy (non-hydrogen) atoms. The Bertz CT molecular complexity index is 560. The quantitative estimate of drug-likeness (QED) is 0.708. The molecule has 0 aromatic heterocycles. The second-order valence-electron chi connectivity index (χ2n) is 4.74. The van der Waals surface area contributed by atoms with Crippen LogP contribution in [0.3, 0.4) is 0 Å². The summed E-state index contributed by atoms with van der Waals surface area (Å²) in [6.07, 6.45) is 0.838. The molecule has 0 aliphatic heterocycles. The zero-order valence-electron chi connectivity index (χ0n) is 11.5. The SMILES string of the molecule is O=C(NCCc1ccccc1)[C@H](Br)[C@@H](Br)c1ccccc1. The van der Waals surface area contributed by atoms with E-state index in [1.165, 1.54) is 5.56 Å². The second kappa shape index (κ2) is 8.35. The molecule has 1 amide bonds. The van der Waals surface area contributed by atoms with Crippen molar-refractivity contribution in [1.82, 2.24) is 5.32 Å². The molecule has 0 aliphatic carbocycles. The fourth-order valence-electron chi connectivity index (χ4n) is 2.01. The van der Waals surface area contributed by atoms with Gasteiger partial charge in [0.15, 0.2) is 0 Å². The number of benzene rings is 2. The summed E-state index contributed by atoms with van der Waals surface area (Å²) in [6.45, 7) is 0.638. The molecule has 2 aromatic rings. The predicted molar refractivity (Wildman–Crippen MR) is 94.0 cm³/mol. The normalized spacial score (nSPS) is 13.4. The van der Waals surface area contributed by atoms with Crippen LogP contribution in [0.2, 0.25) is 0 Å². The summed E-state index contributed by atoms with van der Waals surface area (Å²) in [4.78, 5) is 11.8. The van der Waals surface area contributed by atoms with Gasteiger partial charge in [0.25, 0.3) is 0 Å². The highest BCUT2D eigenvalue weighted by molar-refractivity contribution is 9.12. The molecule has 0 saturated heterocycles. The van der Waals surface area contributed by atoms with Gasteiger partial charge in [-0.25, -0.2) is 0 Å². The maximum absolute atomic E-state index is 12.2. The molecule has 2 nitrogen and oxygen atoms in total. The first-order chi connectivity index (χ1) is 10.2. The first-order valence-corrected chi connectivity index (χ1v) is 8.66. The van der Waals surface area contributed by atoms with E-state index in [-0.39, 0.29) is 15.6 Å². The minimum absolute atomic E-state index is 0.00309. The molecule has 0 fully saturated rings. The van der Waals surface area contributed by atoms with E-state index in [0.29, 0.717) is 6.54 Å². The Morgan fingerprint density at radius 1 is 0.952 bits per heavy atom. The van der Waals surface area contributed by atoms with Crippen LogP contribution in [-0.4, -0.2) is 17.3 Å². The van der Waals surface area contributed by atoms with Crippen LogP contribution in [0, 0.1) is 0 Å². The number of hydrogen-bond donors (Lipinski definition) is 1. The maximum Gasteiger partial charge on any atom is 0.235 e. The molecular weight excluding hydrogens is 394 g/mol. The number of carbonyl (C=O) groups is 1. The monoisotopic (exact) mass is 409 g/mol. The summed E-state index contributed by atoms with van der Waals surface area (Å²) in [5.41, 5.74) is 2.31. The summed E-state index contributed by atoms with van der Waals surface area (Å²) < 4.78 is 0. The Kier molecular flexibility index (Phi) is 6.46. The zero-order chi connectivity index (χ0) is 15.1. The summed E-state index contributed by atoms with van der Waals surface area (Å²) in [7, 11) is 0. The lowest BCUT2D eigenvalue weighted by Crippen LogP contribution is -2.34. The molecule has 0 bridgehead atoms. The van der Waals surface area contributed by atoms with E-state index in [4.69, 9.17) is 0 Å². The van der Waals surface area contributed by atoms with Gasteiger partial charge in [-0.15, -0.1) is 0 Å². The van der Waals surface area contributed by atoms with Gasteiger partial charge in [0.05, 0.1) is 4.83 Å². The largest absolute Gasteiger partial charge is 0.355 e. The lowest BCUT2D eigenvalue weighted by molar-refractivity contribution is -0.120. The molecule has 2 aromatic carbocycles. The highest BCUT2D eigenvalue weighted by atomic mass is 79.9. The third-order valence-electron chi connectivity index (χ3n) is 3.18. The Morgan fingerprint density at radius 2 is 1.52 bits per heavy atom. The van der Waals surface area contributed by atoms with Gasteiger partial charge < -0.3 is 5.32 Å². The molecule has 0 spiro atoms. The van der Waals surface area contributed by atoms with Gasteiger partial charge in [0.2, 0.25) is 5.91 Å². The van der Waals surface area contributed by atoms with E-state index in [2.05, 4.69) is 49.3 Å². The number of rotatable bonds is 6. The molecule has 0 saturated carbocycles. The van der Waals surface area contributed by atoms with Crippen LogP contribution < -0.4 is 5.32 Å². The van der Waals surface area contributed by atoms with Crippen molar-refractivity contribution in [3.63, 3.8) is 0 Å². The van der Waals surface area contributed by atoms with E-state index in [1.807, 2.05) is 48.5 Å². The highest BCUT2D eigenvalue weighted by Crippen LogP contribution is 2.31. The molecule has 2 atom stereocenters. The third kappa shape index (κ3) is 4.97. The third-order valence-corrected chi connectivity index (χ3v) is 5.89. The Hall–Kier alpha value is -1.13. The fourth-order valence-corrected chi connectivity index (χ4v) is 3.02. The van der Waals surface area contributed by atoms with Gasteiger partial charge in [-0.2, -0.15) is 0 Å². The average molecular weight is 411 g/mol. The number of alkyl halides is 2. The smallest absolute Gasteiger partial charge is 0.235 e. The molecule has 2 rings (SSSR count). The molecule has 110 valence electrons. The maximum atomic E-state index is 12.2. The Balaban J connectivity index is 1.82. The topological polar surface area (TPSA) is 29.1 Å². The first kappa shape index (κ1) is 16.2. The number of nitrogens with one attached hydrogen (secondary N) is 1. The first-order valence-electron chi connectivity index (χ1n) is 6.83. The van der Waals surface area contributed by atoms with Gasteiger partial charge in [0, 0.05) is 6.54 Å². The fraction of sp³-hybridized carbons (Fsp3) is 0.235. The van der Waals surface area contributed by atoms with Crippen molar-refractivity contribution in [2.24, 2.45) is 0 Å². The molecule has 4 heteroatoms. The van der Waals surface area contributed by atoms with Crippen molar-refractivity contribution < 1.29 is 4.79 Å². The molecule has 0 heterocycles. The highest BCUT2D eigenvalue weighted by Gasteiger charge is 2.24. The summed E-state index contributed by atoms with van der Waals surface area (Å²) in [5, 5.41) is 2.97. The lowest BCUT2D eigenvalue weighted by atomic mass is 10.1. The Labute approximate surface area is 142 Å². The van der Waals surface area contributed by atoms with Crippen molar-refractivity contribution in [3.05, 3.63) is 71.8 Å². The van der Waals surface area contributed by atoms with Crippen molar-refractivity contribution >= 4 is 37.8 Å². The number of halogens is 2. The molecule has 0 aliphatic rings. The van der Waals surface area contributed by atoms with E-state index in [1.54, 1.807) is 0 Å². The van der Waals surface area contributed by atoms with Crippen LogP contribution in [0.4, 0.5) is 0 Å². The predicted octanol–water partition coefficient (Wildman–Crippen LogP) is 4.25. The molecule has 0 radical (unpaired) electrons. The van der Waals surface area contributed by atoms with Crippen LogP contribution in [0.25, 0.3) is 0 Å².